The summed E-state index contributed by atoms with van der Waals surface area (Å²) in [4.78, 5) is 0. The Kier molecular flexibility index (Phi) is 2.99. The van der Waals surface area contributed by atoms with Crippen molar-refractivity contribution in [3.8, 4) is 11.1 Å². The first-order valence-electron chi connectivity index (χ1n) is 6.50. The van der Waals surface area contributed by atoms with Gasteiger partial charge in [0.05, 0.1) is 5.71 Å². The number of hydrogen-bond acceptors (Lipinski definition) is 2. The lowest BCUT2D eigenvalue weighted by atomic mass is 10.0. The zero-order valence-electron chi connectivity index (χ0n) is 11.3. The quantitative estimate of drug-likeness (QED) is 0.423. The highest BCUT2D eigenvalue weighted by atomic mass is 15.3. The summed E-state index contributed by atoms with van der Waals surface area (Å²) in [6, 6.07) is 14.9. The van der Waals surface area contributed by atoms with E-state index in [1.807, 2.05) is 6.92 Å². The molecule has 2 aromatic rings. The van der Waals surface area contributed by atoms with Gasteiger partial charge in [0.1, 0.15) is 0 Å². The van der Waals surface area contributed by atoms with Gasteiger partial charge < -0.3 is 11.5 Å². The minimum Gasteiger partial charge on any atom is -0.369 e. The summed E-state index contributed by atoms with van der Waals surface area (Å²) >= 11 is 0. The molecule has 0 fully saturated rings. The highest BCUT2D eigenvalue weighted by molar-refractivity contribution is 6.00. The molecular formula is C16H16N4. The largest absolute Gasteiger partial charge is 0.369 e. The molecule has 1 aliphatic rings. The van der Waals surface area contributed by atoms with E-state index in [0.29, 0.717) is 0 Å². The number of rotatable bonds is 2. The molecule has 0 spiro atoms. The molecule has 4 N–H and O–H groups in total. The van der Waals surface area contributed by atoms with Crippen LogP contribution in [0.4, 0.5) is 0 Å². The van der Waals surface area contributed by atoms with E-state index in [2.05, 4.69) is 52.7 Å². The van der Waals surface area contributed by atoms with Crippen LogP contribution in [0.25, 0.3) is 11.1 Å². The summed E-state index contributed by atoms with van der Waals surface area (Å²) in [6.45, 7) is 1.90. The minimum atomic E-state index is -0.0297. The van der Waals surface area contributed by atoms with Crippen LogP contribution in [0.3, 0.4) is 0 Å². The maximum atomic E-state index is 5.29. The lowest BCUT2D eigenvalue weighted by Gasteiger charge is -2.04. The Bertz CT molecular complexity index is 725. The number of nitrogens with two attached hydrogens (primary N) is 2. The van der Waals surface area contributed by atoms with Gasteiger partial charge in [-0.3, -0.25) is 0 Å². The monoisotopic (exact) mass is 264 g/mol. The molecule has 0 bridgehead atoms. The maximum Gasteiger partial charge on any atom is 0.211 e. The van der Waals surface area contributed by atoms with Crippen LogP contribution in [-0.2, 0) is 6.42 Å². The molecule has 2 aromatic carbocycles. The van der Waals surface area contributed by atoms with Crippen LogP contribution >= 0.6 is 0 Å². The fraction of sp³-hybridized carbons (Fsp3) is 0.125. The van der Waals surface area contributed by atoms with E-state index < -0.39 is 0 Å². The predicted molar refractivity (Wildman–Crippen MR) is 82.7 cm³/mol. The van der Waals surface area contributed by atoms with E-state index in [-0.39, 0.29) is 5.96 Å². The molecule has 20 heavy (non-hydrogen) atoms. The van der Waals surface area contributed by atoms with Crippen LogP contribution in [-0.4, -0.2) is 11.7 Å². The average Bonchev–Trinajstić information content (AvgIpc) is 2.82. The lowest BCUT2D eigenvalue weighted by Crippen LogP contribution is -2.22. The molecule has 0 aromatic heterocycles. The molecule has 0 radical (unpaired) electrons. The van der Waals surface area contributed by atoms with Gasteiger partial charge in [-0.05, 0) is 47.2 Å². The van der Waals surface area contributed by atoms with E-state index in [1.54, 1.807) is 0 Å². The summed E-state index contributed by atoms with van der Waals surface area (Å²) in [5.74, 6) is -0.0297. The fourth-order valence-electron chi connectivity index (χ4n) is 2.56. The Morgan fingerprint density at radius 2 is 1.70 bits per heavy atom. The van der Waals surface area contributed by atoms with E-state index in [4.69, 9.17) is 11.5 Å². The molecule has 0 aliphatic heterocycles. The first-order chi connectivity index (χ1) is 9.65. The topological polar surface area (TPSA) is 76.8 Å². The van der Waals surface area contributed by atoms with Crippen LogP contribution in [0.2, 0.25) is 0 Å². The molecule has 3 rings (SSSR count). The second kappa shape index (κ2) is 4.81. The van der Waals surface area contributed by atoms with Gasteiger partial charge in [0.2, 0.25) is 5.96 Å². The third kappa shape index (κ3) is 2.16. The van der Waals surface area contributed by atoms with Gasteiger partial charge in [-0.25, -0.2) is 0 Å². The molecule has 100 valence electrons. The van der Waals surface area contributed by atoms with E-state index >= 15 is 0 Å². The molecule has 1 aliphatic carbocycles. The molecule has 0 heterocycles. The van der Waals surface area contributed by atoms with Gasteiger partial charge in [-0.1, -0.05) is 36.4 Å². The second-order valence-electron chi connectivity index (χ2n) is 4.92. The van der Waals surface area contributed by atoms with Crippen molar-refractivity contribution in [2.24, 2.45) is 21.7 Å². The SMILES string of the molecule is C/C(=N\N=C(N)N)c1ccc2c(c1)Cc1ccccc1-2. The minimum absolute atomic E-state index is 0.0297. The molecule has 0 atom stereocenters. The van der Waals surface area contributed by atoms with E-state index in [1.165, 1.54) is 22.3 Å². The summed E-state index contributed by atoms with van der Waals surface area (Å²) in [5, 5.41) is 7.72. The maximum absolute atomic E-state index is 5.29. The first-order valence-corrected chi connectivity index (χ1v) is 6.50. The lowest BCUT2D eigenvalue weighted by molar-refractivity contribution is 1.19. The van der Waals surface area contributed by atoms with Crippen molar-refractivity contribution < 1.29 is 0 Å². The Hall–Kier alpha value is -2.62. The smallest absolute Gasteiger partial charge is 0.211 e. The van der Waals surface area contributed by atoms with Gasteiger partial charge in [0.15, 0.2) is 0 Å². The Labute approximate surface area is 117 Å². The second-order valence-corrected chi connectivity index (χ2v) is 4.92. The summed E-state index contributed by atoms with van der Waals surface area (Å²) in [5.41, 5.74) is 17.7. The van der Waals surface area contributed by atoms with Gasteiger partial charge in [-0.15, -0.1) is 5.10 Å². The number of benzene rings is 2. The number of hydrogen-bond donors (Lipinski definition) is 2. The van der Waals surface area contributed by atoms with Crippen molar-refractivity contribution in [2.75, 3.05) is 0 Å². The van der Waals surface area contributed by atoms with Crippen LogP contribution < -0.4 is 11.5 Å². The molecule has 0 unspecified atom stereocenters. The van der Waals surface area contributed by atoms with Crippen molar-refractivity contribution in [3.05, 3.63) is 59.2 Å². The van der Waals surface area contributed by atoms with Crippen LogP contribution in [0.1, 0.15) is 23.6 Å². The average molecular weight is 264 g/mol. The first kappa shape index (κ1) is 12.4. The van der Waals surface area contributed by atoms with Crippen molar-refractivity contribution in [1.29, 1.82) is 0 Å². The molecular weight excluding hydrogens is 248 g/mol. The van der Waals surface area contributed by atoms with Gasteiger partial charge >= 0.3 is 0 Å². The third-order valence-corrected chi connectivity index (χ3v) is 3.53. The van der Waals surface area contributed by atoms with Crippen molar-refractivity contribution in [1.82, 2.24) is 0 Å². The molecule has 0 saturated heterocycles. The fourth-order valence-corrected chi connectivity index (χ4v) is 2.56. The highest BCUT2D eigenvalue weighted by Gasteiger charge is 2.18. The zero-order chi connectivity index (χ0) is 14.1. The van der Waals surface area contributed by atoms with Crippen LogP contribution in [0.5, 0.6) is 0 Å². The molecule has 0 saturated carbocycles. The summed E-state index contributed by atoms with van der Waals surface area (Å²) in [6.07, 6.45) is 0.967. The number of guanidine groups is 1. The van der Waals surface area contributed by atoms with Gasteiger partial charge in [0.25, 0.3) is 0 Å². The van der Waals surface area contributed by atoms with Crippen molar-refractivity contribution in [2.45, 2.75) is 13.3 Å². The standard InChI is InChI=1S/C16H16N4/c1-10(19-20-16(17)18)11-6-7-15-13(8-11)9-12-4-2-3-5-14(12)15/h2-8H,9H2,1H3,(H4,17,18,20)/b19-10+. The Morgan fingerprint density at radius 1 is 0.950 bits per heavy atom. The van der Waals surface area contributed by atoms with Gasteiger partial charge in [-0.2, -0.15) is 5.10 Å². The van der Waals surface area contributed by atoms with E-state index in [0.717, 1.165) is 17.7 Å². The summed E-state index contributed by atoms with van der Waals surface area (Å²) < 4.78 is 0. The van der Waals surface area contributed by atoms with Crippen LogP contribution in [0, 0.1) is 0 Å². The molecule has 0 amide bonds. The van der Waals surface area contributed by atoms with E-state index in [9.17, 15) is 0 Å². The zero-order valence-corrected chi connectivity index (χ0v) is 11.3. The van der Waals surface area contributed by atoms with Crippen molar-refractivity contribution >= 4 is 11.7 Å². The van der Waals surface area contributed by atoms with Crippen molar-refractivity contribution in [3.63, 3.8) is 0 Å². The number of fused-ring (bicyclic) bond motifs is 3. The van der Waals surface area contributed by atoms with Crippen LogP contribution in [0.15, 0.2) is 52.7 Å². The Morgan fingerprint density at radius 3 is 2.50 bits per heavy atom. The Balaban J connectivity index is 1.99. The molecule has 4 heteroatoms. The normalized spacial score (nSPS) is 12.8. The highest BCUT2D eigenvalue weighted by Crippen LogP contribution is 2.36. The molecule has 4 nitrogen and oxygen atoms in total. The predicted octanol–water partition coefficient (Wildman–Crippen LogP) is 2.26. The summed E-state index contributed by atoms with van der Waals surface area (Å²) in [7, 11) is 0. The van der Waals surface area contributed by atoms with Gasteiger partial charge in [0, 0.05) is 0 Å². The third-order valence-electron chi connectivity index (χ3n) is 3.53. The number of nitrogens with zero attached hydrogens (tertiary/aromatic N) is 2.